The number of alkyl halides is 1. The third kappa shape index (κ3) is 4.34. The van der Waals surface area contributed by atoms with E-state index in [9.17, 15) is 5.11 Å². The van der Waals surface area contributed by atoms with E-state index in [1.165, 1.54) is 18.4 Å². The molecule has 5 aliphatic heterocycles. The third-order valence-corrected chi connectivity index (χ3v) is 12.2. The highest BCUT2D eigenvalue weighted by Crippen LogP contribution is 2.55. The smallest absolute Gasteiger partial charge is 0.318 e. The van der Waals surface area contributed by atoms with Gasteiger partial charge in [-0.05, 0) is 75.4 Å². The Kier molecular flexibility index (Phi) is 6.37. The van der Waals surface area contributed by atoms with Gasteiger partial charge in [-0.2, -0.15) is 9.97 Å². The number of halogens is 2. The summed E-state index contributed by atoms with van der Waals surface area (Å²) in [4.78, 5) is 17.4. The Labute approximate surface area is 266 Å². The number of phenolic OH excluding ortho intramolecular Hbond substituents is 1. The number of hydrogen-bond donors (Lipinski definition) is 2. The Bertz CT molecular complexity index is 1630. The molecule has 10 heteroatoms. The lowest BCUT2D eigenvalue weighted by molar-refractivity contribution is 0.0808. The van der Waals surface area contributed by atoms with Crippen molar-refractivity contribution in [3.05, 3.63) is 46.1 Å². The average molecular weight is 664 g/mol. The van der Waals surface area contributed by atoms with Crippen LogP contribution >= 0.6 is 15.9 Å². The molecule has 3 aromatic rings. The maximum absolute atomic E-state index is 16.0. The maximum Gasteiger partial charge on any atom is 0.318 e. The molecule has 1 aromatic heterocycles. The van der Waals surface area contributed by atoms with E-state index in [0.717, 1.165) is 90.7 Å². The van der Waals surface area contributed by atoms with Gasteiger partial charge in [0.25, 0.3) is 0 Å². The molecule has 9 rings (SSSR count). The zero-order valence-electron chi connectivity index (χ0n) is 25.1. The maximum atomic E-state index is 16.0. The lowest BCUT2D eigenvalue weighted by atomic mass is 9.88. The molecule has 2 bridgehead atoms. The molecule has 8 nitrogen and oxygen atoms in total. The first-order valence-electron chi connectivity index (χ1n) is 16.5. The van der Waals surface area contributed by atoms with E-state index in [0.29, 0.717) is 44.1 Å². The van der Waals surface area contributed by atoms with Crippen molar-refractivity contribution < 1.29 is 14.2 Å². The number of nitrogens with zero attached hydrogens (tertiary/aromatic N) is 5. The second-order valence-electron chi connectivity index (χ2n) is 14.2. The summed E-state index contributed by atoms with van der Waals surface area (Å²) in [6.07, 6.45) is 8.48. The fraction of sp³-hybridized carbons (Fsp3) is 0.588. The number of fused-ring (bicyclic) bond motifs is 7. The lowest BCUT2D eigenvalue weighted by Gasteiger charge is -2.38. The van der Waals surface area contributed by atoms with E-state index in [4.69, 9.17) is 14.7 Å². The number of rotatable bonds is 5. The first-order valence-corrected chi connectivity index (χ1v) is 17.3. The molecular formula is C34H40BrFN6O2. The highest BCUT2D eigenvalue weighted by atomic mass is 79.9. The number of anilines is 2. The van der Waals surface area contributed by atoms with Gasteiger partial charge in [0, 0.05) is 71.4 Å². The standard InChI is InChI=1S/C34H40BrFN6O2/c35-26-5-1-4-21-14-24(43)15-28(30(21)26)40-13-9-25-27(18-40)38-32(39-31(25)41-16-22-7-8-23(17-41)37-22)44-20-33-10-3-12-42(33)29-6-2-11-34(29,36)19-33/h1,4-5,14-15,22-23,29,37,43H,2-3,6-13,16-20H2/t22?,23?,29-,33-,34+/m0/s1. The van der Waals surface area contributed by atoms with Crippen LogP contribution in [0.2, 0.25) is 0 Å². The number of nitrogens with one attached hydrogen (secondary N) is 1. The van der Waals surface area contributed by atoms with Crippen LogP contribution in [0.25, 0.3) is 10.8 Å². The van der Waals surface area contributed by atoms with Crippen LogP contribution in [0.5, 0.6) is 11.8 Å². The Morgan fingerprint density at radius 2 is 1.91 bits per heavy atom. The van der Waals surface area contributed by atoms with Gasteiger partial charge in [-0.3, -0.25) is 4.90 Å². The molecule has 0 radical (unpaired) electrons. The third-order valence-electron chi connectivity index (χ3n) is 11.6. The molecule has 44 heavy (non-hydrogen) atoms. The van der Waals surface area contributed by atoms with Gasteiger partial charge in [0.05, 0.1) is 17.8 Å². The summed E-state index contributed by atoms with van der Waals surface area (Å²) in [7, 11) is 0. The molecule has 1 aliphatic carbocycles. The van der Waals surface area contributed by atoms with E-state index in [-0.39, 0.29) is 17.3 Å². The zero-order valence-corrected chi connectivity index (χ0v) is 26.7. The highest BCUT2D eigenvalue weighted by Gasteiger charge is 2.63. The molecule has 0 spiro atoms. The molecular weight excluding hydrogens is 623 g/mol. The number of benzene rings is 2. The largest absolute Gasteiger partial charge is 0.508 e. The van der Waals surface area contributed by atoms with E-state index in [2.05, 4.69) is 42.0 Å². The van der Waals surface area contributed by atoms with Crippen molar-refractivity contribution in [3.63, 3.8) is 0 Å². The Morgan fingerprint density at radius 1 is 1.05 bits per heavy atom. The molecule has 2 unspecified atom stereocenters. The minimum absolute atomic E-state index is 0.0370. The molecule has 6 aliphatic rings. The van der Waals surface area contributed by atoms with Crippen molar-refractivity contribution in [1.82, 2.24) is 20.2 Å². The Balaban J connectivity index is 1.07. The SMILES string of the molecule is Oc1cc(N2CCc3c(nc(OC[C@@]45CCCN4[C@H]4CCC[C@@]4(F)C5)nc3N3CC4CCC(C3)N4)C2)c2c(Br)cccc2c1. The normalized spacial score (nSPS) is 32.7. The van der Waals surface area contributed by atoms with Crippen molar-refractivity contribution >= 4 is 38.2 Å². The fourth-order valence-electron chi connectivity index (χ4n) is 9.73. The van der Waals surface area contributed by atoms with Gasteiger partial charge in [0.15, 0.2) is 0 Å². The van der Waals surface area contributed by atoms with Crippen LogP contribution in [0.3, 0.4) is 0 Å². The van der Waals surface area contributed by atoms with Gasteiger partial charge in [-0.1, -0.05) is 28.1 Å². The van der Waals surface area contributed by atoms with E-state index >= 15 is 4.39 Å². The van der Waals surface area contributed by atoms with Crippen molar-refractivity contribution in [2.45, 2.75) is 93.7 Å². The number of phenols is 1. The Morgan fingerprint density at radius 3 is 2.77 bits per heavy atom. The summed E-state index contributed by atoms with van der Waals surface area (Å²) in [5, 5.41) is 16.5. The predicted molar refractivity (Wildman–Crippen MR) is 173 cm³/mol. The minimum atomic E-state index is -1.08. The number of aromatic hydroxyl groups is 1. The summed E-state index contributed by atoms with van der Waals surface area (Å²) < 4.78 is 23.6. The second kappa shape index (κ2) is 10.2. The van der Waals surface area contributed by atoms with Crippen LogP contribution in [0, 0.1) is 0 Å². The van der Waals surface area contributed by atoms with Crippen LogP contribution in [0.15, 0.2) is 34.8 Å². The van der Waals surface area contributed by atoms with Gasteiger partial charge < -0.3 is 25.0 Å². The molecule has 1 saturated carbocycles. The van der Waals surface area contributed by atoms with E-state index in [1.807, 2.05) is 24.3 Å². The van der Waals surface area contributed by atoms with Crippen LogP contribution < -0.4 is 19.9 Å². The lowest BCUT2D eigenvalue weighted by Crippen LogP contribution is -2.52. The molecule has 4 saturated heterocycles. The molecule has 5 fully saturated rings. The fourth-order valence-corrected chi connectivity index (χ4v) is 10.3. The summed E-state index contributed by atoms with van der Waals surface area (Å²) in [5.41, 5.74) is 1.84. The van der Waals surface area contributed by atoms with Crippen molar-refractivity contribution in [1.29, 1.82) is 0 Å². The summed E-state index contributed by atoms with van der Waals surface area (Å²) >= 11 is 3.76. The van der Waals surface area contributed by atoms with Gasteiger partial charge in [0.2, 0.25) is 0 Å². The zero-order chi connectivity index (χ0) is 29.6. The molecule has 6 heterocycles. The monoisotopic (exact) mass is 662 g/mol. The summed E-state index contributed by atoms with van der Waals surface area (Å²) in [6, 6.07) is 11.2. The van der Waals surface area contributed by atoms with Crippen molar-refractivity contribution in [2.24, 2.45) is 0 Å². The van der Waals surface area contributed by atoms with Crippen LogP contribution in [-0.4, -0.2) is 82.1 Å². The molecule has 0 amide bonds. The first-order chi connectivity index (χ1) is 21.4. The predicted octanol–water partition coefficient (Wildman–Crippen LogP) is 5.48. The van der Waals surface area contributed by atoms with Gasteiger partial charge in [-0.25, -0.2) is 4.39 Å². The first kappa shape index (κ1) is 27.6. The van der Waals surface area contributed by atoms with Gasteiger partial charge in [0.1, 0.15) is 23.8 Å². The number of ether oxygens (including phenoxy) is 1. The molecule has 2 N–H and O–H groups in total. The van der Waals surface area contributed by atoms with E-state index < -0.39 is 5.67 Å². The average Bonchev–Trinajstić information content (AvgIpc) is 3.73. The minimum Gasteiger partial charge on any atom is -0.508 e. The molecule has 232 valence electrons. The highest BCUT2D eigenvalue weighted by molar-refractivity contribution is 9.10. The van der Waals surface area contributed by atoms with Crippen LogP contribution in [0.4, 0.5) is 15.9 Å². The topological polar surface area (TPSA) is 77.0 Å². The van der Waals surface area contributed by atoms with Crippen molar-refractivity contribution in [3.8, 4) is 11.8 Å². The van der Waals surface area contributed by atoms with Gasteiger partial charge in [-0.15, -0.1) is 0 Å². The van der Waals surface area contributed by atoms with E-state index in [1.54, 1.807) is 0 Å². The quantitative estimate of drug-likeness (QED) is 0.372. The Hall–Kier alpha value is -2.69. The van der Waals surface area contributed by atoms with Crippen LogP contribution in [-0.2, 0) is 13.0 Å². The summed E-state index contributed by atoms with van der Waals surface area (Å²) in [5.74, 6) is 1.27. The molecule has 5 atom stereocenters. The molecule has 2 aromatic carbocycles. The van der Waals surface area contributed by atoms with Gasteiger partial charge >= 0.3 is 6.01 Å². The number of hydrogen-bond acceptors (Lipinski definition) is 8. The number of piperazine rings is 1. The van der Waals surface area contributed by atoms with Crippen molar-refractivity contribution in [2.75, 3.05) is 42.6 Å². The second-order valence-corrected chi connectivity index (χ2v) is 15.1. The number of aromatic nitrogens is 2. The van der Waals surface area contributed by atoms with Crippen LogP contribution in [0.1, 0.15) is 62.6 Å². The summed E-state index contributed by atoms with van der Waals surface area (Å²) in [6.45, 7) is 4.69.